The summed E-state index contributed by atoms with van der Waals surface area (Å²) in [5.74, 6) is 0.211. The first-order valence-corrected chi connectivity index (χ1v) is 19.3. The lowest BCUT2D eigenvalue weighted by atomic mass is 10.0. The van der Waals surface area contributed by atoms with E-state index in [1.165, 1.54) is 62.3 Å². The number of hydrogen-bond acceptors (Lipinski definition) is 6. The average molecular weight is 724 g/mol. The van der Waals surface area contributed by atoms with Crippen molar-refractivity contribution in [2.24, 2.45) is 5.92 Å². The number of carbonyl (C=O) groups excluding carboxylic acids is 3. The second kappa shape index (κ2) is 22.2. The molecule has 1 heterocycles. The number of carbonyl (C=O) groups is 3. The van der Waals surface area contributed by atoms with Gasteiger partial charge in [-0.3, -0.25) is 14.4 Å². The number of nitrogens with one attached hydrogen (secondary N) is 2. The van der Waals surface area contributed by atoms with E-state index in [2.05, 4.69) is 31.4 Å². The molecule has 1 atom stereocenters. The SMILES string of the molecule is CCCCCCCCCCCCCC(=O)Nc1ccc(-c2cc(=O)oc3cc(OC(C)C(=O)N(CC)CC(=O)NCCC(C)C)ccc23)c(Cl)c1. The van der Waals surface area contributed by atoms with E-state index in [1.807, 2.05) is 6.92 Å². The third-order valence-corrected chi connectivity index (χ3v) is 9.31. The minimum Gasteiger partial charge on any atom is -0.481 e. The molecular weight excluding hydrogens is 666 g/mol. The number of hydrogen-bond donors (Lipinski definition) is 2. The Hall–Kier alpha value is -3.85. The predicted molar refractivity (Wildman–Crippen MR) is 207 cm³/mol. The van der Waals surface area contributed by atoms with Gasteiger partial charge in [-0.1, -0.05) is 103 Å². The summed E-state index contributed by atoms with van der Waals surface area (Å²) in [5.41, 5.74) is 1.47. The number of fused-ring (bicyclic) bond motifs is 1. The first-order valence-electron chi connectivity index (χ1n) is 18.9. The third-order valence-electron chi connectivity index (χ3n) is 9.00. The van der Waals surface area contributed by atoms with E-state index in [-0.39, 0.29) is 29.8 Å². The third kappa shape index (κ3) is 14.4. The molecule has 51 heavy (non-hydrogen) atoms. The summed E-state index contributed by atoms with van der Waals surface area (Å²) in [6.07, 6.45) is 13.9. The van der Waals surface area contributed by atoms with Gasteiger partial charge >= 0.3 is 5.63 Å². The molecule has 1 aromatic heterocycles. The van der Waals surface area contributed by atoms with Crippen LogP contribution in [0.15, 0.2) is 51.7 Å². The molecule has 0 aliphatic rings. The quantitative estimate of drug-likeness (QED) is 0.0743. The predicted octanol–water partition coefficient (Wildman–Crippen LogP) is 9.53. The van der Waals surface area contributed by atoms with Gasteiger partial charge in [-0.2, -0.15) is 0 Å². The number of nitrogens with zero attached hydrogens (tertiary/aromatic N) is 1. The van der Waals surface area contributed by atoms with Crippen molar-refractivity contribution in [1.29, 1.82) is 0 Å². The van der Waals surface area contributed by atoms with Crippen LogP contribution >= 0.6 is 11.6 Å². The largest absolute Gasteiger partial charge is 0.481 e. The lowest BCUT2D eigenvalue weighted by Gasteiger charge is -2.24. The highest BCUT2D eigenvalue weighted by atomic mass is 35.5. The maximum absolute atomic E-state index is 13.1. The maximum Gasteiger partial charge on any atom is 0.336 e. The number of halogens is 1. The molecule has 0 bridgehead atoms. The average Bonchev–Trinajstić information content (AvgIpc) is 3.08. The number of unbranched alkanes of at least 4 members (excludes halogenated alkanes) is 10. The molecule has 0 radical (unpaired) electrons. The van der Waals surface area contributed by atoms with Crippen molar-refractivity contribution in [2.75, 3.05) is 25.0 Å². The van der Waals surface area contributed by atoms with E-state index in [0.717, 1.165) is 25.7 Å². The molecule has 3 aromatic rings. The van der Waals surface area contributed by atoms with Crippen molar-refractivity contribution in [2.45, 2.75) is 124 Å². The smallest absolute Gasteiger partial charge is 0.336 e. The van der Waals surface area contributed by atoms with Gasteiger partial charge in [-0.05, 0) is 56.9 Å². The van der Waals surface area contributed by atoms with E-state index in [9.17, 15) is 19.2 Å². The topological polar surface area (TPSA) is 118 Å². The fourth-order valence-corrected chi connectivity index (χ4v) is 6.29. The van der Waals surface area contributed by atoms with Gasteiger partial charge in [0.1, 0.15) is 11.3 Å². The normalized spacial score (nSPS) is 11.8. The molecule has 0 saturated heterocycles. The number of ether oxygens (including phenoxy) is 1. The Morgan fingerprint density at radius 3 is 2.12 bits per heavy atom. The fourth-order valence-electron chi connectivity index (χ4n) is 6.01. The van der Waals surface area contributed by atoms with Gasteiger partial charge in [0.25, 0.3) is 5.91 Å². The van der Waals surface area contributed by atoms with Gasteiger partial charge in [0.2, 0.25) is 11.8 Å². The van der Waals surface area contributed by atoms with Crippen LogP contribution in [0.4, 0.5) is 5.69 Å². The minimum atomic E-state index is -0.882. The highest BCUT2D eigenvalue weighted by molar-refractivity contribution is 6.34. The summed E-state index contributed by atoms with van der Waals surface area (Å²) < 4.78 is 11.4. The zero-order valence-electron chi connectivity index (χ0n) is 31.3. The molecule has 0 aliphatic carbocycles. The summed E-state index contributed by atoms with van der Waals surface area (Å²) in [4.78, 5) is 52.2. The Morgan fingerprint density at radius 2 is 1.49 bits per heavy atom. The second-order valence-electron chi connectivity index (χ2n) is 13.8. The van der Waals surface area contributed by atoms with Crippen molar-refractivity contribution in [1.82, 2.24) is 10.2 Å². The molecule has 10 heteroatoms. The zero-order valence-corrected chi connectivity index (χ0v) is 32.0. The van der Waals surface area contributed by atoms with Crippen LogP contribution in [0.2, 0.25) is 5.02 Å². The van der Waals surface area contributed by atoms with E-state index in [4.69, 9.17) is 20.8 Å². The van der Waals surface area contributed by atoms with Gasteiger partial charge in [0, 0.05) is 53.8 Å². The number of anilines is 1. The van der Waals surface area contributed by atoms with Gasteiger partial charge in [0.05, 0.1) is 11.6 Å². The molecule has 280 valence electrons. The monoisotopic (exact) mass is 723 g/mol. The number of amides is 3. The summed E-state index contributed by atoms with van der Waals surface area (Å²) >= 11 is 6.70. The lowest BCUT2D eigenvalue weighted by molar-refractivity contribution is -0.141. The summed E-state index contributed by atoms with van der Waals surface area (Å²) in [6, 6.07) is 11.6. The zero-order chi connectivity index (χ0) is 37.2. The highest BCUT2D eigenvalue weighted by Crippen LogP contribution is 2.35. The van der Waals surface area contributed by atoms with Crippen molar-refractivity contribution in [3.8, 4) is 16.9 Å². The van der Waals surface area contributed by atoms with Gasteiger partial charge in [-0.25, -0.2) is 4.79 Å². The Balaban J connectivity index is 1.56. The van der Waals surface area contributed by atoms with Crippen molar-refractivity contribution in [3.63, 3.8) is 0 Å². The molecule has 3 rings (SSSR count). The summed E-state index contributed by atoms with van der Waals surface area (Å²) in [7, 11) is 0. The molecule has 3 amide bonds. The lowest BCUT2D eigenvalue weighted by Crippen LogP contribution is -2.45. The van der Waals surface area contributed by atoms with Crippen LogP contribution in [0.5, 0.6) is 5.75 Å². The molecular formula is C41H58ClN3O6. The maximum atomic E-state index is 13.1. The van der Waals surface area contributed by atoms with Crippen LogP contribution < -0.4 is 21.0 Å². The Kier molecular flexibility index (Phi) is 18.1. The molecule has 2 aromatic carbocycles. The minimum absolute atomic E-state index is 0.0484. The summed E-state index contributed by atoms with van der Waals surface area (Å²) in [5, 5.41) is 6.81. The van der Waals surface area contributed by atoms with Gasteiger partial charge in [-0.15, -0.1) is 0 Å². The molecule has 1 unspecified atom stereocenters. The van der Waals surface area contributed by atoms with Crippen molar-refractivity contribution >= 4 is 46.0 Å². The van der Waals surface area contributed by atoms with E-state index >= 15 is 0 Å². The van der Waals surface area contributed by atoms with Crippen LogP contribution in [-0.4, -0.2) is 48.4 Å². The first-order chi connectivity index (χ1) is 24.5. The van der Waals surface area contributed by atoms with E-state index in [0.29, 0.717) is 58.4 Å². The number of rotatable bonds is 23. The number of benzene rings is 2. The van der Waals surface area contributed by atoms with Gasteiger partial charge in [0.15, 0.2) is 6.10 Å². The Bertz CT molecular complexity index is 1620. The Labute approximate surface area is 308 Å². The van der Waals surface area contributed by atoms with Crippen molar-refractivity contribution in [3.05, 3.63) is 57.9 Å². The standard InChI is InChI=1S/C41H58ClN3O6/c1-6-8-9-10-11-12-13-14-15-16-17-18-38(46)44-31-19-21-33(36(42)25-31)35-27-40(48)51-37-26-32(20-22-34(35)37)50-30(5)41(49)45(7-2)28-39(47)43-24-23-29(3)4/h19-22,25-27,29-30H,6-18,23-24,28H2,1-5H3,(H,43,47)(H,44,46). The van der Waals surface area contributed by atoms with Crippen LogP contribution in [-0.2, 0) is 14.4 Å². The molecule has 0 fully saturated rings. The molecule has 0 spiro atoms. The molecule has 2 N–H and O–H groups in total. The van der Waals surface area contributed by atoms with E-state index in [1.54, 1.807) is 43.3 Å². The van der Waals surface area contributed by atoms with Crippen molar-refractivity contribution < 1.29 is 23.5 Å². The van der Waals surface area contributed by atoms with Crippen LogP contribution in [0.25, 0.3) is 22.1 Å². The highest BCUT2D eigenvalue weighted by Gasteiger charge is 2.23. The fraction of sp³-hybridized carbons (Fsp3) is 0.561. The summed E-state index contributed by atoms with van der Waals surface area (Å²) in [6.45, 7) is 10.7. The second-order valence-corrected chi connectivity index (χ2v) is 14.2. The van der Waals surface area contributed by atoms with E-state index < -0.39 is 11.7 Å². The first kappa shape index (κ1) is 41.6. The Morgan fingerprint density at radius 1 is 0.824 bits per heavy atom. The molecule has 9 nitrogen and oxygen atoms in total. The van der Waals surface area contributed by atoms with Crippen LogP contribution in [0.1, 0.15) is 118 Å². The van der Waals surface area contributed by atoms with Gasteiger partial charge < -0.3 is 24.7 Å². The molecule has 0 aliphatic heterocycles. The molecule has 0 saturated carbocycles. The van der Waals surface area contributed by atoms with Crippen LogP contribution in [0.3, 0.4) is 0 Å². The number of likely N-dealkylation sites (N-methyl/N-ethyl adjacent to an activating group) is 1. The van der Waals surface area contributed by atoms with Crippen LogP contribution in [0, 0.1) is 5.92 Å².